The second kappa shape index (κ2) is 6.93. The minimum Gasteiger partial charge on any atom is -0.313 e. The summed E-state index contributed by atoms with van der Waals surface area (Å²) in [5.41, 5.74) is 0. The fourth-order valence-electron chi connectivity index (χ4n) is 4.17. The average Bonchev–Trinajstić information content (AvgIpc) is 3.23. The van der Waals surface area contributed by atoms with Crippen LogP contribution in [-0.2, 0) is 0 Å². The van der Waals surface area contributed by atoms with Crippen molar-refractivity contribution in [2.75, 3.05) is 6.54 Å². The first-order chi connectivity index (χ1) is 8.77. The van der Waals surface area contributed by atoms with Crippen LogP contribution in [0.2, 0.25) is 0 Å². The molecule has 0 amide bonds. The van der Waals surface area contributed by atoms with E-state index in [4.69, 9.17) is 0 Å². The Kier molecular flexibility index (Phi) is 5.54. The van der Waals surface area contributed by atoms with Crippen LogP contribution in [0.3, 0.4) is 0 Å². The van der Waals surface area contributed by atoms with E-state index in [0.29, 0.717) is 0 Å². The summed E-state index contributed by atoms with van der Waals surface area (Å²) < 4.78 is 0. The van der Waals surface area contributed by atoms with Gasteiger partial charge in [0.15, 0.2) is 0 Å². The quantitative estimate of drug-likeness (QED) is 0.696. The van der Waals surface area contributed by atoms with Gasteiger partial charge in [0, 0.05) is 6.04 Å². The molecule has 0 aromatic carbocycles. The van der Waals surface area contributed by atoms with Crippen LogP contribution >= 0.6 is 0 Å². The van der Waals surface area contributed by atoms with Crippen molar-refractivity contribution in [3.05, 3.63) is 0 Å². The van der Waals surface area contributed by atoms with Gasteiger partial charge in [-0.05, 0) is 55.9 Å². The van der Waals surface area contributed by atoms with Crippen LogP contribution in [0.25, 0.3) is 0 Å². The summed E-state index contributed by atoms with van der Waals surface area (Å²) in [5, 5.41) is 3.92. The van der Waals surface area contributed by atoms with Crippen LogP contribution in [0.15, 0.2) is 0 Å². The van der Waals surface area contributed by atoms with Crippen molar-refractivity contribution >= 4 is 0 Å². The monoisotopic (exact) mass is 251 g/mol. The highest BCUT2D eigenvalue weighted by Gasteiger charge is 2.39. The van der Waals surface area contributed by atoms with Crippen molar-refractivity contribution < 1.29 is 0 Å². The molecule has 4 unspecified atom stereocenters. The Morgan fingerprint density at radius 2 is 1.78 bits per heavy atom. The van der Waals surface area contributed by atoms with E-state index in [2.05, 4.69) is 26.1 Å². The smallest absolute Gasteiger partial charge is 0.0126 e. The van der Waals surface area contributed by atoms with E-state index in [1.807, 2.05) is 0 Å². The summed E-state index contributed by atoms with van der Waals surface area (Å²) in [6.07, 6.45) is 11.6. The lowest BCUT2D eigenvalue weighted by molar-refractivity contribution is 0.134. The first-order valence-corrected chi connectivity index (χ1v) is 8.51. The van der Waals surface area contributed by atoms with E-state index in [-0.39, 0.29) is 0 Å². The number of hydrogen-bond acceptors (Lipinski definition) is 1. The lowest BCUT2D eigenvalue weighted by atomic mass is 9.70. The molecule has 106 valence electrons. The summed E-state index contributed by atoms with van der Waals surface area (Å²) >= 11 is 0. The van der Waals surface area contributed by atoms with E-state index in [0.717, 1.165) is 29.7 Å². The molecule has 1 N–H and O–H groups in total. The number of rotatable bonds is 7. The molecule has 1 nitrogen and oxygen atoms in total. The molecule has 2 aliphatic rings. The molecule has 4 atom stereocenters. The summed E-state index contributed by atoms with van der Waals surface area (Å²) in [4.78, 5) is 0. The molecule has 2 saturated carbocycles. The highest BCUT2D eigenvalue weighted by Crippen LogP contribution is 2.44. The Balaban J connectivity index is 1.99. The molecule has 0 aromatic heterocycles. The van der Waals surface area contributed by atoms with E-state index in [9.17, 15) is 0 Å². The molecular formula is C17H33N. The summed E-state index contributed by atoms with van der Waals surface area (Å²) in [5.74, 6) is 3.91. The van der Waals surface area contributed by atoms with Gasteiger partial charge < -0.3 is 5.32 Å². The topological polar surface area (TPSA) is 12.0 Å². The maximum atomic E-state index is 3.92. The molecule has 2 aliphatic carbocycles. The molecule has 2 rings (SSSR count). The normalized spacial score (nSPS) is 32.2. The third kappa shape index (κ3) is 3.50. The standard InChI is InChI=1S/C17H33N/c1-4-12-18-17(13(3)15-10-11-15)16-9-7-6-8-14(16)5-2/h13-18H,4-12H2,1-3H3. The molecule has 0 aliphatic heterocycles. The number of hydrogen-bond donors (Lipinski definition) is 1. The van der Waals surface area contributed by atoms with Gasteiger partial charge in [-0.1, -0.05) is 46.5 Å². The second-order valence-corrected chi connectivity index (χ2v) is 6.79. The van der Waals surface area contributed by atoms with Crippen molar-refractivity contribution in [3.63, 3.8) is 0 Å². The third-order valence-corrected chi connectivity index (χ3v) is 5.52. The maximum Gasteiger partial charge on any atom is 0.0126 e. The summed E-state index contributed by atoms with van der Waals surface area (Å²) in [7, 11) is 0. The van der Waals surface area contributed by atoms with E-state index in [1.54, 1.807) is 0 Å². The molecule has 18 heavy (non-hydrogen) atoms. The molecule has 0 saturated heterocycles. The zero-order chi connectivity index (χ0) is 13.0. The SMILES string of the molecule is CCCNC(C(C)C1CC1)C1CCCCC1CC. The van der Waals surface area contributed by atoms with Crippen LogP contribution in [0, 0.1) is 23.7 Å². The van der Waals surface area contributed by atoms with Gasteiger partial charge >= 0.3 is 0 Å². The molecule has 1 heteroatoms. The first kappa shape index (κ1) is 14.4. The van der Waals surface area contributed by atoms with Gasteiger partial charge in [0.1, 0.15) is 0 Å². The van der Waals surface area contributed by atoms with Crippen LogP contribution < -0.4 is 5.32 Å². The largest absolute Gasteiger partial charge is 0.313 e. The van der Waals surface area contributed by atoms with Gasteiger partial charge in [0.25, 0.3) is 0 Å². The summed E-state index contributed by atoms with van der Waals surface area (Å²) in [6.45, 7) is 8.44. The van der Waals surface area contributed by atoms with Gasteiger partial charge in [0.05, 0.1) is 0 Å². The first-order valence-electron chi connectivity index (χ1n) is 8.51. The van der Waals surface area contributed by atoms with Gasteiger partial charge in [-0.15, -0.1) is 0 Å². The Morgan fingerprint density at radius 3 is 2.39 bits per heavy atom. The molecule has 0 radical (unpaired) electrons. The Labute approximate surface area is 114 Å². The minimum atomic E-state index is 0.808. The molecule has 0 aromatic rings. The van der Waals surface area contributed by atoms with E-state index < -0.39 is 0 Å². The van der Waals surface area contributed by atoms with Crippen molar-refractivity contribution in [2.24, 2.45) is 23.7 Å². The maximum absolute atomic E-state index is 3.92. The fourth-order valence-corrected chi connectivity index (χ4v) is 4.17. The van der Waals surface area contributed by atoms with Gasteiger partial charge in [-0.25, -0.2) is 0 Å². The van der Waals surface area contributed by atoms with Crippen molar-refractivity contribution in [1.29, 1.82) is 0 Å². The van der Waals surface area contributed by atoms with Gasteiger partial charge in [0.2, 0.25) is 0 Å². The molecule has 2 fully saturated rings. The van der Waals surface area contributed by atoms with Crippen LogP contribution in [0.5, 0.6) is 0 Å². The highest BCUT2D eigenvalue weighted by molar-refractivity contribution is 4.93. The molecule has 0 heterocycles. The van der Waals surface area contributed by atoms with Gasteiger partial charge in [-0.2, -0.15) is 0 Å². The van der Waals surface area contributed by atoms with Crippen LogP contribution in [0.4, 0.5) is 0 Å². The van der Waals surface area contributed by atoms with Crippen molar-refractivity contribution in [3.8, 4) is 0 Å². The number of nitrogens with one attached hydrogen (secondary N) is 1. The lowest BCUT2D eigenvalue weighted by Gasteiger charge is -2.40. The zero-order valence-electron chi connectivity index (χ0n) is 12.8. The van der Waals surface area contributed by atoms with E-state index in [1.165, 1.54) is 57.9 Å². The van der Waals surface area contributed by atoms with Gasteiger partial charge in [-0.3, -0.25) is 0 Å². The molecular weight excluding hydrogens is 218 g/mol. The highest BCUT2D eigenvalue weighted by atomic mass is 14.9. The van der Waals surface area contributed by atoms with E-state index >= 15 is 0 Å². The Bertz CT molecular complexity index is 234. The molecule has 0 spiro atoms. The molecule has 0 bridgehead atoms. The lowest BCUT2D eigenvalue weighted by Crippen LogP contribution is -2.46. The fraction of sp³-hybridized carbons (Fsp3) is 1.00. The minimum absolute atomic E-state index is 0.808. The van der Waals surface area contributed by atoms with Crippen LogP contribution in [0.1, 0.15) is 72.1 Å². The average molecular weight is 251 g/mol. The van der Waals surface area contributed by atoms with Crippen LogP contribution in [-0.4, -0.2) is 12.6 Å². The second-order valence-electron chi connectivity index (χ2n) is 6.79. The Hall–Kier alpha value is -0.0400. The van der Waals surface area contributed by atoms with Crippen molar-refractivity contribution in [1.82, 2.24) is 5.32 Å². The van der Waals surface area contributed by atoms with Crippen molar-refractivity contribution in [2.45, 2.75) is 78.2 Å². The Morgan fingerprint density at radius 1 is 1.06 bits per heavy atom. The zero-order valence-corrected chi connectivity index (χ0v) is 12.8. The third-order valence-electron chi connectivity index (χ3n) is 5.52. The predicted molar refractivity (Wildman–Crippen MR) is 79.7 cm³/mol. The summed E-state index contributed by atoms with van der Waals surface area (Å²) in [6, 6.07) is 0.808. The predicted octanol–water partition coefficient (Wildman–Crippen LogP) is 4.62.